The van der Waals surface area contributed by atoms with Crippen molar-refractivity contribution in [2.45, 2.75) is 26.3 Å². The number of benzene rings is 1. The first-order chi connectivity index (χ1) is 11.6. The molecule has 0 unspecified atom stereocenters. The summed E-state index contributed by atoms with van der Waals surface area (Å²) in [6.07, 6.45) is 5.52. The maximum atomic E-state index is 12.6. The van der Waals surface area contributed by atoms with Gasteiger partial charge >= 0.3 is 0 Å². The van der Waals surface area contributed by atoms with Crippen LogP contribution in [0.2, 0.25) is 0 Å². The van der Waals surface area contributed by atoms with Crippen LogP contribution in [-0.2, 0) is 24.8 Å². The average Bonchev–Trinajstić information content (AvgIpc) is 2.82. The SMILES string of the molecule is Cc1ccccc1CC(=O)N1CCCN(Cc2cnn(C)c2)CC1. The molecule has 1 aromatic carbocycles. The smallest absolute Gasteiger partial charge is 0.227 e. The molecule has 5 nitrogen and oxygen atoms in total. The summed E-state index contributed by atoms with van der Waals surface area (Å²) in [6, 6.07) is 8.15. The topological polar surface area (TPSA) is 41.4 Å². The lowest BCUT2D eigenvalue weighted by atomic mass is 10.1. The first-order valence-corrected chi connectivity index (χ1v) is 8.64. The van der Waals surface area contributed by atoms with E-state index in [2.05, 4.69) is 35.3 Å². The lowest BCUT2D eigenvalue weighted by Gasteiger charge is -2.22. The minimum atomic E-state index is 0.243. The van der Waals surface area contributed by atoms with Crippen LogP contribution in [0.25, 0.3) is 0 Å². The van der Waals surface area contributed by atoms with E-state index in [0.29, 0.717) is 6.42 Å². The highest BCUT2D eigenvalue weighted by Gasteiger charge is 2.20. The maximum absolute atomic E-state index is 12.6. The molecule has 1 aliphatic heterocycles. The third-order valence-corrected chi connectivity index (χ3v) is 4.71. The van der Waals surface area contributed by atoms with Gasteiger partial charge in [0.2, 0.25) is 5.91 Å². The van der Waals surface area contributed by atoms with Gasteiger partial charge < -0.3 is 4.90 Å². The molecule has 0 atom stereocenters. The number of rotatable bonds is 4. The van der Waals surface area contributed by atoms with Crippen LogP contribution in [-0.4, -0.2) is 51.7 Å². The van der Waals surface area contributed by atoms with E-state index in [0.717, 1.165) is 44.7 Å². The Balaban J connectivity index is 1.55. The fourth-order valence-electron chi connectivity index (χ4n) is 3.27. The number of aryl methyl sites for hydroxylation is 2. The fraction of sp³-hybridized carbons (Fsp3) is 0.474. The zero-order chi connectivity index (χ0) is 16.9. The van der Waals surface area contributed by atoms with Gasteiger partial charge in [0.05, 0.1) is 12.6 Å². The molecule has 1 aliphatic rings. The Kier molecular flexibility index (Phi) is 5.30. The van der Waals surface area contributed by atoms with Crippen LogP contribution >= 0.6 is 0 Å². The minimum absolute atomic E-state index is 0.243. The van der Waals surface area contributed by atoms with Gasteiger partial charge in [0.25, 0.3) is 0 Å². The molecule has 0 bridgehead atoms. The molecule has 2 heterocycles. The van der Waals surface area contributed by atoms with Crippen molar-refractivity contribution in [3.05, 3.63) is 53.3 Å². The lowest BCUT2D eigenvalue weighted by molar-refractivity contribution is -0.130. The van der Waals surface area contributed by atoms with Crippen molar-refractivity contribution in [1.29, 1.82) is 0 Å². The van der Waals surface area contributed by atoms with Crippen LogP contribution in [0.3, 0.4) is 0 Å². The summed E-state index contributed by atoms with van der Waals surface area (Å²) in [5.74, 6) is 0.243. The Morgan fingerprint density at radius 1 is 1.17 bits per heavy atom. The average molecular weight is 326 g/mol. The van der Waals surface area contributed by atoms with E-state index < -0.39 is 0 Å². The van der Waals surface area contributed by atoms with Gasteiger partial charge in [-0.25, -0.2) is 0 Å². The molecule has 1 saturated heterocycles. The highest BCUT2D eigenvalue weighted by Crippen LogP contribution is 2.12. The van der Waals surface area contributed by atoms with E-state index in [9.17, 15) is 4.79 Å². The zero-order valence-corrected chi connectivity index (χ0v) is 14.6. The van der Waals surface area contributed by atoms with Crippen LogP contribution in [0.15, 0.2) is 36.7 Å². The van der Waals surface area contributed by atoms with E-state index in [1.54, 1.807) is 0 Å². The molecule has 3 rings (SSSR count). The van der Waals surface area contributed by atoms with Gasteiger partial charge in [0.15, 0.2) is 0 Å². The van der Waals surface area contributed by atoms with Crippen LogP contribution in [0.1, 0.15) is 23.1 Å². The number of carbonyl (C=O) groups excluding carboxylic acids is 1. The monoisotopic (exact) mass is 326 g/mol. The van der Waals surface area contributed by atoms with Crippen LogP contribution < -0.4 is 0 Å². The fourth-order valence-corrected chi connectivity index (χ4v) is 3.27. The molecule has 1 aromatic heterocycles. The predicted octanol–water partition coefficient (Wildman–Crippen LogP) is 2.01. The molecule has 5 heteroatoms. The van der Waals surface area contributed by atoms with Crippen molar-refractivity contribution in [2.24, 2.45) is 7.05 Å². The Hall–Kier alpha value is -2.14. The van der Waals surface area contributed by atoms with Crippen molar-refractivity contribution < 1.29 is 4.79 Å². The maximum Gasteiger partial charge on any atom is 0.227 e. The first-order valence-electron chi connectivity index (χ1n) is 8.64. The molecular weight excluding hydrogens is 300 g/mol. The van der Waals surface area contributed by atoms with Crippen LogP contribution in [0.4, 0.5) is 0 Å². The summed E-state index contributed by atoms with van der Waals surface area (Å²) in [5, 5.41) is 4.23. The normalized spacial score (nSPS) is 16.2. The minimum Gasteiger partial charge on any atom is -0.341 e. The van der Waals surface area contributed by atoms with Gasteiger partial charge in [-0.15, -0.1) is 0 Å². The van der Waals surface area contributed by atoms with E-state index >= 15 is 0 Å². The second-order valence-corrected chi connectivity index (χ2v) is 6.64. The molecule has 1 fully saturated rings. The first kappa shape index (κ1) is 16.7. The summed E-state index contributed by atoms with van der Waals surface area (Å²) < 4.78 is 1.84. The third kappa shape index (κ3) is 4.23. The number of carbonyl (C=O) groups is 1. The number of aromatic nitrogens is 2. The van der Waals surface area contributed by atoms with Gasteiger partial charge in [0, 0.05) is 51.5 Å². The van der Waals surface area contributed by atoms with Crippen molar-refractivity contribution >= 4 is 5.91 Å². The summed E-state index contributed by atoms with van der Waals surface area (Å²) >= 11 is 0. The Morgan fingerprint density at radius 3 is 2.75 bits per heavy atom. The molecule has 0 saturated carbocycles. The summed E-state index contributed by atoms with van der Waals surface area (Å²) in [5.41, 5.74) is 3.56. The van der Waals surface area contributed by atoms with Gasteiger partial charge in [-0.1, -0.05) is 24.3 Å². The summed E-state index contributed by atoms with van der Waals surface area (Å²) in [7, 11) is 1.94. The van der Waals surface area contributed by atoms with E-state index in [1.807, 2.05) is 35.0 Å². The zero-order valence-electron chi connectivity index (χ0n) is 14.6. The van der Waals surface area contributed by atoms with Crippen LogP contribution in [0, 0.1) is 6.92 Å². The standard InChI is InChI=1S/C19H26N4O/c1-16-6-3-4-7-18(16)12-19(24)23-9-5-8-22(10-11-23)15-17-13-20-21(2)14-17/h3-4,6-7,13-14H,5,8-12,15H2,1-2H3. The molecular formula is C19H26N4O. The lowest BCUT2D eigenvalue weighted by Crippen LogP contribution is -2.36. The third-order valence-electron chi connectivity index (χ3n) is 4.71. The molecule has 1 amide bonds. The van der Waals surface area contributed by atoms with E-state index in [-0.39, 0.29) is 5.91 Å². The predicted molar refractivity (Wildman–Crippen MR) is 94.6 cm³/mol. The van der Waals surface area contributed by atoms with Gasteiger partial charge in [-0.3, -0.25) is 14.4 Å². The van der Waals surface area contributed by atoms with Crippen molar-refractivity contribution in [1.82, 2.24) is 19.6 Å². The quantitative estimate of drug-likeness (QED) is 0.863. The van der Waals surface area contributed by atoms with Crippen molar-refractivity contribution in [3.63, 3.8) is 0 Å². The highest BCUT2D eigenvalue weighted by atomic mass is 16.2. The second-order valence-electron chi connectivity index (χ2n) is 6.64. The van der Waals surface area contributed by atoms with E-state index in [4.69, 9.17) is 0 Å². The molecule has 0 N–H and O–H groups in total. The number of hydrogen-bond acceptors (Lipinski definition) is 3. The van der Waals surface area contributed by atoms with Crippen molar-refractivity contribution in [3.8, 4) is 0 Å². The molecule has 0 spiro atoms. The Bertz CT molecular complexity index is 694. The second kappa shape index (κ2) is 7.62. The number of amides is 1. The Morgan fingerprint density at radius 2 is 2.00 bits per heavy atom. The molecule has 2 aromatic rings. The summed E-state index contributed by atoms with van der Waals surface area (Å²) in [6.45, 7) is 6.60. The highest BCUT2D eigenvalue weighted by molar-refractivity contribution is 5.79. The van der Waals surface area contributed by atoms with Crippen molar-refractivity contribution in [2.75, 3.05) is 26.2 Å². The molecule has 0 aliphatic carbocycles. The number of nitrogens with zero attached hydrogens (tertiary/aromatic N) is 4. The molecule has 128 valence electrons. The summed E-state index contributed by atoms with van der Waals surface area (Å²) in [4.78, 5) is 17.1. The Labute approximate surface area is 143 Å². The van der Waals surface area contributed by atoms with Gasteiger partial charge in [-0.2, -0.15) is 5.10 Å². The van der Waals surface area contributed by atoms with Gasteiger partial charge in [-0.05, 0) is 24.5 Å². The van der Waals surface area contributed by atoms with E-state index in [1.165, 1.54) is 11.1 Å². The van der Waals surface area contributed by atoms with Gasteiger partial charge in [0.1, 0.15) is 0 Å². The largest absolute Gasteiger partial charge is 0.341 e. The van der Waals surface area contributed by atoms with Crippen LogP contribution in [0.5, 0.6) is 0 Å². The molecule has 24 heavy (non-hydrogen) atoms. The molecule has 0 radical (unpaired) electrons. The number of hydrogen-bond donors (Lipinski definition) is 0.